The quantitative estimate of drug-likeness (QED) is 0.337. The summed E-state index contributed by atoms with van der Waals surface area (Å²) in [5, 5.41) is 17.0. The molecule has 4 rings (SSSR count). The van der Waals surface area contributed by atoms with Gasteiger partial charge in [-0.3, -0.25) is 0 Å². The van der Waals surface area contributed by atoms with Gasteiger partial charge in [-0.2, -0.15) is 4.98 Å². The predicted octanol–water partition coefficient (Wildman–Crippen LogP) is 6.04. The van der Waals surface area contributed by atoms with E-state index in [1.54, 1.807) is 12.1 Å². The zero-order valence-corrected chi connectivity index (χ0v) is 17.6. The van der Waals surface area contributed by atoms with Crippen LogP contribution in [0.4, 0.5) is 10.8 Å². The van der Waals surface area contributed by atoms with Crippen LogP contribution in [0.2, 0.25) is 5.02 Å². The molecule has 1 N–H and O–H groups in total. The number of hydrogen-bond donors (Lipinski definition) is 1. The maximum Gasteiger partial charge on any atom is 0.257 e. The van der Waals surface area contributed by atoms with Gasteiger partial charge >= 0.3 is 0 Å². The van der Waals surface area contributed by atoms with E-state index < -0.39 is 0 Å². The highest BCUT2D eigenvalue weighted by molar-refractivity contribution is 9.10. The molecule has 4 aromatic rings. The number of hydrogen-bond acceptors (Lipinski definition) is 8. The number of nitrogens with zero attached hydrogens (tertiary/aromatic N) is 4. The lowest BCUT2D eigenvalue weighted by Crippen LogP contribution is -1.88. The van der Waals surface area contributed by atoms with Crippen molar-refractivity contribution in [3.8, 4) is 11.5 Å². The minimum atomic E-state index is 0.469. The van der Waals surface area contributed by atoms with E-state index in [-0.39, 0.29) is 0 Å². The highest BCUT2D eigenvalue weighted by Crippen LogP contribution is 2.30. The number of rotatable bonds is 6. The van der Waals surface area contributed by atoms with Crippen molar-refractivity contribution in [3.05, 3.63) is 63.9 Å². The molecule has 0 saturated heterocycles. The van der Waals surface area contributed by atoms with E-state index in [0.717, 1.165) is 25.2 Å². The average Bonchev–Trinajstić information content (AvgIpc) is 3.30. The molecule has 2 aromatic carbocycles. The molecule has 0 fully saturated rings. The van der Waals surface area contributed by atoms with Gasteiger partial charge in [0, 0.05) is 20.7 Å². The lowest BCUT2D eigenvalue weighted by atomic mass is 10.2. The number of benzene rings is 2. The van der Waals surface area contributed by atoms with Crippen LogP contribution in [0.3, 0.4) is 0 Å². The van der Waals surface area contributed by atoms with Crippen LogP contribution in [0.1, 0.15) is 5.82 Å². The van der Waals surface area contributed by atoms with Crippen molar-refractivity contribution in [2.75, 3.05) is 5.32 Å². The van der Waals surface area contributed by atoms with E-state index in [1.165, 1.54) is 23.1 Å². The second-order valence-corrected chi connectivity index (χ2v) is 8.87. The number of anilines is 2. The van der Waals surface area contributed by atoms with Crippen LogP contribution in [0, 0.1) is 0 Å². The van der Waals surface area contributed by atoms with Crippen LogP contribution in [-0.2, 0) is 5.75 Å². The first-order chi connectivity index (χ1) is 13.2. The molecule has 0 aliphatic carbocycles. The van der Waals surface area contributed by atoms with Crippen LogP contribution in [0.15, 0.2) is 61.9 Å². The minimum Gasteiger partial charge on any atom is -0.334 e. The molecule has 6 nitrogen and oxygen atoms in total. The highest BCUT2D eigenvalue weighted by atomic mass is 79.9. The van der Waals surface area contributed by atoms with E-state index in [0.29, 0.717) is 22.5 Å². The third-order valence-corrected chi connectivity index (χ3v) is 6.08. The van der Waals surface area contributed by atoms with Crippen molar-refractivity contribution in [1.82, 2.24) is 20.3 Å². The molecule has 0 unspecified atom stereocenters. The first kappa shape index (κ1) is 18.4. The van der Waals surface area contributed by atoms with Gasteiger partial charge in [0.2, 0.25) is 5.13 Å². The summed E-state index contributed by atoms with van der Waals surface area (Å²) in [5.41, 5.74) is 1.78. The fraction of sp³-hybridized carbons (Fsp3) is 0.0588. The standard InChI is InChI=1S/C17H11BrClN5OS2/c18-11-2-1-3-13(8-11)20-16-22-23-17(27-16)26-9-14-21-15(25-24-14)10-4-6-12(19)7-5-10/h1-8H,9H2,(H,20,22). The van der Waals surface area contributed by atoms with Gasteiger partial charge in [0.05, 0.1) is 5.75 Å². The summed E-state index contributed by atoms with van der Waals surface area (Å²) in [6.07, 6.45) is 0. The van der Waals surface area contributed by atoms with Gasteiger partial charge in [-0.25, -0.2) is 0 Å². The van der Waals surface area contributed by atoms with Crippen LogP contribution in [-0.4, -0.2) is 20.3 Å². The van der Waals surface area contributed by atoms with Crippen molar-refractivity contribution >= 4 is 61.4 Å². The topological polar surface area (TPSA) is 76.7 Å². The summed E-state index contributed by atoms with van der Waals surface area (Å²) in [4.78, 5) is 4.40. The smallest absolute Gasteiger partial charge is 0.257 e. The molecule has 0 amide bonds. The first-order valence-corrected chi connectivity index (χ1v) is 10.7. The SMILES string of the molecule is Clc1ccc(-c2nc(CSc3nnc(Nc4cccc(Br)c4)s3)no2)cc1. The van der Waals surface area contributed by atoms with Gasteiger partial charge in [0.1, 0.15) is 0 Å². The Kier molecular flexibility index (Phi) is 5.72. The van der Waals surface area contributed by atoms with Crippen molar-refractivity contribution in [2.45, 2.75) is 10.1 Å². The number of aromatic nitrogens is 4. The molecule has 2 heterocycles. The third kappa shape index (κ3) is 4.86. The van der Waals surface area contributed by atoms with Crippen molar-refractivity contribution in [3.63, 3.8) is 0 Å². The van der Waals surface area contributed by atoms with E-state index in [1.807, 2.05) is 36.4 Å². The molecule has 136 valence electrons. The summed E-state index contributed by atoms with van der Waals surface area (Å²) in [6, 6.07) is 15.1. The Labute approximate surface area is 176 Å². The lowest BCUT2D eigenvalue weighted by molar-refractivity contribution is 0.425. The molecule has 0 aliphatic rings. The molecule has 0 radical (unpaired) electrons. The first-order valence-electron chi connectivity index (χ1n) is 7.73. The molecule has 10 heteroatoms. The van der Waals surface area contributed by atoms with E-state index in [9.17, 15) is 0 Å². The third-order valence-electron chi connectivity index (χ3n) is 3.37. The van der Waals surface area contributed by atoms with Gasteiger partial charge in [-0.1, -0.05) is 61.9 Å². The molecule has 27 heavy (non-hydrogen) atoms. The Morgan fingerprint density at radius 3 is 2.81 bits per heavy atom. The van der Waals surface area contributed by atoms with Gasteiger partial charge in [0.25, 0.3) is 5.89 Å². The molecule has 0 atom stereocenters. The fourth-order valence-corrected chi connectivity index (χ4v) is 4.30. The maximum absolute atomic E-state index is 5.89. The second kappa shape index (κ2) is 8.39. The number of nitrogens with one attached hydrogen (secondary N) is 1. The Bertz CT molecular complexity index is 1050. The largest absolute Gasteiger partial charge is 0.334 e. The van der Waals surface area contributed by atoms with Crippen molar-refractivity contribution in [1.29, 1.82) is 0 Å². The van der Waals surface area contributed by atoms with Crippen LogP contribution in [0.25, 0.3) is 11.5 Å². The van der Waals surface area contributed by atoms with E-state index >= 15 is 0 Å². The van der Waals surface area contributed by atoms with Gasteiger partial charge in [-0.05, 0) is 42.5 Å². The van der Waals surface area contributed by atoms with Crippen LogP contribution >= 0.6 is 50.6 Å². The predicted molar refractivity (Wildman–Crippen MR) is 112 cm³/mol. The monoisotopic (exact) mass is 479 g/mol. The summed E-state index contributed by atoms with van der Waals surface area (Å²) < 4.78 is 7.13. The zero-order chi connectivity index (χ0) is 18.6. The van der Waals surface area contributed by atoms with Crippen molar-refractivity contribution in [2.24, 2.45) is 0 Å². The van der Waals surface area contributed by atoms with E-state index in [2.05, 4.69) is 41.6 Å². The zero-order valence-electron chi connectivity index (χ0n) is 13.6. The summed E-state index contributed by atoms with van der Waals surface area (Å²) >= 11 is 12.3. The Morgan fingerprint density at radius 1 is 1.15 bits per heavy atom. The lowest BCUT2D eigenvalue weighted by Gasteiger charge is -2.01. The molecule has 0 saturated carbocycles. The second-order valence-electron chi connectivity index (χ2n) is 5.32. The normalized spacial score (nSPS) is 10.9. The Balaban J connectivity index is 1.37. The van der Waals surface area contributed by atoms with Gasteiger partial charge in [0.15, 0.2) is 10.2 Å². The van der Waals surface area contributed by atoms with Crippen LogP contribution < -0.4 is 5.32 Å². The minimum absolute atomic E-state index is 0.469. The Hall–Kier alpha value is -1.94. The summed E-state index contributed by atoms with van der Waals surface area (Å²) in [5.74, 6) is 1.61. The highest BCUT2D eigenvalue weighted by Gasteiger charge is 2.11. The molecule has 2 aromatic heterocycles. The molecule has 0 spiro atoms. The summed E-state index contributed by atoms with van der Waals surface area (Å²) in [6.45, 7) is 0. The van der Waals surface area contributed by atoms with E-state index in [4.69, 9.17) is 16.1 Å². The molecular formula is C17H11BrClN5OS2. The number of thioether (sulfide) groups is 1. The fourth-order valence-electron chi connectivity index (χ4n) is 2.16. The molecule has 0 aliphatic heterocycles. The summed E-state index contributed by atoms with van der Waals surface area (Å²) in [7, 11) is 0. The van der Waals surface area contributed by atoms with Crippen molar-refractivity contribution < 1.29 is 4.52 Å². The molecule has 0 bridgehead atoms. The molecular weight excluding hydrogens is 470 g/mol. The van der Waals surface area contributed by atoms with Crippen LogP contribution in [0.5, 0.6) is 0 Å². The number of halogens is 2. The van der Waals surface area contributed by atoms with Gasteiger partial charge in [-0.15, -0.1) is 10.2 Å². The van der Waals surface area contributed by atoms with Gasteiger partial charge < -0.3 is 9.84 Å². The maximum atomic E-state index is 5.89. The average molecular weight is 481 g/mol. The Morgan fingerprint density at radius 2 is 2.00 bits per heavy atom.